The van der Waals surface area contributed by atoms with Crippen LogP contribution in [0.2, 0.25) is 0 Å². The largest absolute Gasteiger partial charge is 0.433 e. The maximum atomic E-state index is 13.4. The van der Waals surface area contributed by atoms with Crippen LogP contribution in [-0.2, 0) is 6.18 Å². The Bertz CT molecular complexity index is 883. The number of nitrogens with one attached hydrogen (secondary N) is 3. The Hall–Kier alpha value is -2.88. The van der Waals surface area contributed by atoms with Crippen LogP contribution in [0.3, 0.4) is 0 Å². The molecule has 4 rings (SSSR count). The molecule has 10 heteroatoms. The van der Waals surface area contributed by atoms with Crippen molar-refractivity contribution in [2.75, 3.05) is 29.0 Å². The molecule has 0 spiro atoms. The second-order valence-electron chi connectivity index (χ2n) is 7.00. The highest BCUT2D eigenvalue weighted by molar-refractivity contribution is 5.87. The average Bonchev–Trinajstić information content (AvgIpc) is 2.91. The number of fused-ring (bicyclic) bond motifs is 2. The number of hydrogen-bond acceptors (Lipinski definition) is 7. The summed E-state index contributed by atoms with van der Waals surface area (Å²) in [4.78, 5) is 10.1. The minimum Gasteiger partial charge on any atom is -0.398 e. The number of anilines is 4. The molecule has 2 unspecified atom stereocenters. The smallest absolute Gasteiger partial charge is 0.398 e. The number of benzene rings is 1. The van der Waals surface area contributed by atoms with E-state index in [1.54, 1.807) is 18.2 Å². The molecule has 2 atom stereocenters. The number of piperazine rings is 1. The van der Waals surface area contributed by atoms with Crippen molar-refractivity contribution in [3.63, 3.8) is 0 Å². The number of halogens is 3. The van der Waals surface area contributed by atoms with Crippen molar-refractivity contribution in [3.8, 4) is 0 Å². The second kappa shape index (κ2) is 6.93. The van der Waals surface area contributed by atoms with Gasteiger partial charge in [-0.25, -0.2) is 4.98 Å². The summed E-state index contributed by atoms with van der Waals surface area (Å²) in [5.41, 5.74) is 6.16. The first-order valence-corrected chi connectivity index (χ1v) is 8.97. The molecule has 2 fully saturated rings. The maximum Gasteiger partial charge on any atom is 0.433 e. The van der Waals surface area contributed by atoms with Gasteiger partial charge in [-0.05, 0) is 31.0 Å². The van der Waals surface area contributed by atoms with Crippen molar-refractivity contribution in [1.29, 1.82) is 5.41 Å². The van der Waals surface area contributed by atoms with Crippen LogP contribution in [-0.4, -0.2) is 41.4 Å². The first kappa shape index (κ1) is 18.5. The van der Waals surface area contributed by atoms with E-state index in [9.17, 15) is 13.2 Å². The fraction of sp³-hybridized carbons (Fsp3) is 0.389. The zero-order valence-electron chi connectivity index (χ0n) is 14.9. The third kappa shape index (κ3) is 3.47. The first-order valence-electron chi connectivity index (χ1n) is 8.97. The summed E-state index contributed by atoms with van der Waals surface area (Å²) in [5.74, 6) is 0.144. The number of nitrogens with zero attached hydrogens (tertiary/aromatic N) is 3. The molecule has 2 aliphatic heterocycles. The molecule has 1 aromatic heterocycles. The monoisotopic (exact) mass is 391 g/mol. The van der Waals surface area contributed by atoms with E-state index in [0.717, 1.165) is 25.1 Å². The van der Waals surface area contributed by atoms with Crippen molar-refractivity contribution in [1.82, 2.24) is 15.3 Å². The summed E-state index contributed by atoms with van der Waals surface area (Å²) < 4.78 is 40.3. The minimum absolute atomic E-state index is 0.0518. The molecule has 2 aliphatic rings. The molecule has 0 radical (unpaired) electrons. The van der Waals surface area contributed by atoms with E-state index in [0.29, 0.717) is 30.0 Å². The van der Waals surface area contributed by atoms with Gasteiger partial charge in [0.25, 0.3) is 0 Å². The molecule has 7 nitrogen and oxygen atoms in total. The van der Waals surface area contributed by atoms with Gasteiger partial charge in [0.05, 0.1) is 0 Å². The summed E-state index contributed by atoms with van der Waals surface area (Å²) in [6.07, 6.45) is -1.69. The highest BCUT2D eigenvalue weighted by atomic mass is 19.4. The van der Waals surface area contributed by atoms with Crippen LogP contribution in [0.4, 0.5) is 36.3 Å². The van der Waals surface area contributed by atoms with Crippen LogP contribution in [0.25, 0.3) is 0 Å². The number of aromatic nitrogens is 2. The quantitative estimate of drug-likeness (QED) is 0.472. The van der Waals surface area contributed by atoms with Crippen molar-refractivity contribution >= 4 is 29.4 Å². The Kier molecular flexibility index (Phi) is 4.58. The van der Waals surface area contributed by atoms with Gasteiger partial charge in [0.1, 0.15) is 5.82 Å². The molecule has 0 aliphatic carbocycles. The van der Waals surface area contributed by atoms with Crippen LogP contribution >= 0.6 is 0 Å². The number of rotatable bonds is 4. The zero-order chi connectivity index (χ0) is 19.9. The first-order chi connectivity index (χ1) is 13.3. The normalized spacial score (nSPS) is 21.6. The summed E-state index contributed by atoms with van der Waals surface area (Å²) in [5, 5.41) is 13.6. The number of nitrogens with two attached hydrogens (primary N) is 1. The van der Waals surface area contributed by atoms with E-state index in [-0.39, 0.29) is 23.8 Å². The molecule has 2 aromatic rings. The fourth-order valence-electron chi connectivity index (χ4n) is 3.79. The second-order valence-corrected chi connectivity index (χ2v) is 7.00. The Morgan fingerprint density at radius 2 is 1.89 bits per heavy atom. The van der Waals surface area contributed by atoms with E-state index in [4.69, 9.17) is 11.1 Å². The number of alkyl halides is 3. The van der Waals surface area contributed by atoms with E-state index < -0.39 is 11.9 Å². The van der Waals surface area contributed by atoms with Gasteiger partial charge in [0, 0.05) is 54.4 Å². The van der Waals surface area contributed by atoms with Gasteiger partial charge in [-0.3, -0.25) is 0 Å². The van der Waals surface area contributed by atoms with E-state index in [2.05, 4.69) is 20.6 Å². The van der Waals surface area contributed by atoms with Gasteiger partial charge in [0.15, 0.2) is 5.69 Å². The predicted molar refractivity (Wildman–Crippen MR) is 101 cm³/mol. The summed E-state index contributed by atoms with van der Waals surface area (Å²) in [7, 11) is 0. The predicted octanol–water partition coefficient (Wildman–Crippen LogP) is 2.76. The standard InChI is InChI=1S/C18H20F3N7/c19-18(20,21)15-6-16(25-11-1-4-14(23)10(5-11)7-22)27-17(26-15)28-12-2-3-13(28)9-24-8-12/h1,4-7,12-13,22,24H,2-3,8-9,23H2,(H,25,26,27). The SMILES string of the molecule is N=Cc1cc(Nc2cc(C(F)(F)F)nc(N3C4CCC3CNC4)n2)ccc1N. The van der Waals surface area contributed by atoms with E-state index >= 15 is 0 Å². The Balaban J connectivity index is 1.72. The number of nitrogen functional groups attached to an aromatic ring is 1. The summed E-state index contributed by atoms with van der Waals surface area (Å²) in [6, 6.07) is 5.89. The fourth-order valence-corrected chi connectivity index (χ4v) is 3.79. The lowest BCUT2D eigenvalue weighted by atomic mass is 10.1. The van der Waals surface area contributed by atoms with Crippen molar-refractivity contribution < 1.29 is 13.2 Å². The molecule has 0 saturated carbocycles. The Labute approximate surface area is 159 Å². The van der Waals surface area contributed by atoms with Crippen LogP contribution in [0.1, 0.15) is 24.1 Å². The molecule has 148 valence electrons. The lowest BCUT2D eigenvalue weighted by Crippen LogP contribution is -2.52. The molecule has 5 N–H and O–H groups in total. The molecule has 2 saturated heterocycles. The van der Waals surface area contributed by atoms with Crippen molar-refractivity contribution in [3.05, 3.63) is 35.5 Å². The summed E-state index contributed by atoms with van der Waals surface area (Å²) >= 11 is 0. The molecule has 3 heterocycles. The van der Waals surface area contributed by atoms with Crippen LogP contribution in [0, 0.1) is 5.41 Å². The highest BCUT2D eigenvalue weighted by Gasteiger charge is 2.40. The maximum absolute atomic E-state index is 13.4. The summed E-state index contributed by atoms with van der Waals surface area (Å²) in [6.45, 7) is 1.42. The average molecular weight is 391 g/mol. The van der Waals surface area contributed by atoms with Gasteiger partial charge < -0.3 is 26.7 Å². The van der Waals surface area contributed by atoms with Gasteiger partial charge >= 0.3 is 6.18 Å². The van der Waals surface area contributed by atoms with E-state index in [1.807, 2.05) is 4.90 Å². The molecule has 28 heavy (non-hydrogen) atoms. The molecule has 2 bridgehead atoms. The van der Waals surface area contributed by atoms with Crippen molar-refractivity contribution in [2.45, 2.75) is 31.1 Å². The lowest BCUT2D eigenvalue weighted by Gasteiger charge is -2.35. The van der Waals surface area contributed by atoms with Gasteiger partial charge in [-0.1, -0.05) is 0 Å². The van der Waals surface area contributed by atoms with Gasteiger partial charge in [-0.2, -0.15) is 18.2 Å². The van der Waals surface area contributed by atoms with E-state index in [1.165, 1.54) is 0 Å². The van der Waals surface area contributed by atoms with Gasteiger partial charge in [0.2, 0.25) is 5.95 Å². The lowest BCUT2D eigenvalue weighted by molar-refractivity contribution is -0.141. The minimum atomic E-state index is -4.58. The van der Waals surface area contributed by atoms with Crippen LogP contribution < -0.4 is 21.3 Å². The molecule has 1 aromatic carbocycles. The van der Waals surface area contributed by atoms with Crippen molar-refractivity contribution in [2.24, 2.45) is 0 Å². The molecule has 0 amide bonds. The topological polar surface area (TPSA) is 103 Å². The zero-order valence-corrected chi connectivity index (χ0v) is 14.9. The molecular weight excluding hydrogens is 371 g/mol. The van der Waals surface area contributed by atoms with Crippen LogP contribution in [0.5, 0.6) is 0 Å². The van der Waals surface area contributed by atoms with Crippen LogP contribution in [0.15, 0.2) is 24.3 Å². The third-order valence-electron chi connectivity index (χ3n) is 5.13. The number of hydrogen-bond donors (Lipinski definition) is 4. The Morgan fingerprint density at radius 1 is 1.18 bits per heavy atom. The molecular formula is C18H20F3N7. The highest BCUT2D eigenvalue weighted by Crippen LogP contribution is 2.35. The van der Waals surface area contributed by atoms with Gasteiger partial charge in [-0.15, -0.1) is 0 Å². The third-order valence-corrected chi connectivity index (χ3v) is 5.13. The Morgan fingerprint density at radius 3 is 2.54 bits per heavy atom.